The summed E-state index contributed by atoms with van der Waals surface area (Å²) in [6, 6.07) is 21.9. The summed E-state index contributed by atoms with van der Waals surface area (Å²) in [5.74, 6) is 1.47. The molecule has 250 valence electrons. The Kier molecular flexibility index (Phi) is 14.9. The average molecular weight is 633 g/mol. The Labute approximate surface area is 274 Å². The minimum Gasteiger partial charge on any atom is -0.508 e. The van der Waals surface area contributed by atoms with Gasteiger partial charge in [0.25, 0.3) is 0 Å². The van der Waals surface area contributed by atoms with Gasteiger partial charge in [-0.3, -0.25) is 4.79 Å². The monoisotopic (exact) mass is 632 g/mol. The van der Waals surface area contributed by atoms with E-state index < -0.39 is 0 Å². The summed E-state index contributed by atoms with van der Waals surface area (Å²) in [5, 5.41) is 19.1. The van der Waals surface area contributed by atoms with Gasteiger partial charge in [0.1, 0.15) is 17.2 Å². The highest BCUT2D eigenvalue weighted by molar-refractivity contribution is 5.97. The van der Waals surface area contributed by atoms with E-state index >= 15 is 0 Å². The molecule has 0 aromatic heterocycles. The molecule has 0 spiro atoms. The Morgan fingerprint density at radius 2 is 1.30 bits per heavy atom. The third-order valence-corrected chi connectivity index (χ3v) is 8.48. The molecule has 0 bridgehead atoms. The number of carbonyl (C=O) groups is 1. The molecule has 7 heteroatoms. The summed E-state index contributed by atoms with van der Waals surface area (Å²) in [7, 11) is 0. The number of unbranched alkanes of at least 4 members (excludes halogenated alkanes) is 7. The zero-order valence-corrected chi connectivity index (χ0v) is 27.6. The standard InChI is InChI=1S/C39H52O7/c1-3-34-27-37(26-29(2)40)46-39(45-34)12-10-8-6-4-5-7-9-11-25-43-35-21-17-31(18-22-35)30-13-15-32(16-14-30)38(42)28-44-36-23-19-33(41)20-24-36/h13-24,29,34,37,39-41H,3-12,25-28H2,1-2H3. The molecule has 0 aliphatic carbocycles. The maximum absolute atomic E-state index is 12.5. The van der Waals surface area contributed by atoms with E-state index in [9.17, 15) is 15.0 Å². The van der Waals surface area contributed by atoms with Gasteiger partial charge in [-0.15, -0.1) is 0 Å². The third kappa shape index (κ3) is 12.4. The first-order valence-electron chi connectivity index (χ1n) is 17.2. The number of aliphatic hydroxyl groups excluding tert-OH is 1. The first kappa shape index (κ1) is 35.5. The van der Waals surface area contributed by atoms with Crippen LogP contribution in [-0.2, 0) is 9.47 Å². The lowest BCUT2D eigenvalue weighted by Crippen LogP contribution is -2.39. The second kappa shape index (κ2) is 19.3. The largest absolute Gasteiger partial charge is 0.508 e. The van der Waals surface area contributed by atoms with E-state index in [1.807, 2.05) is 55.5 Å². The van der Waals surface area contributed by atoms with Crippen LogP contribution in [0.4, 0.5) is 0 Å². The first-order chi connectivity index (χ1) is 22.4. The van der Waals surface area contributed by atoms with Crippen LogP contribution < -0.4 is 9.47 Å². The maximum atomic E-state index is 12.5. The number of hydrogen-bond acceptors (Lipinski definition) is 7. The van der Waals surface area contributed by atoms with Crippen LogP contribution in [0.2, 0.25) is 0 Å². The minimum absolute atomic E-state index is 0.0595. The van der Waals surface area contributed by atoms with E-state index in [0.717, 1.165) is 55.6 Å². The Morgan fingerprint density at radius 3 is 1.93 bits per heavy atom. The van der Waals surface area contributed by atoms with Crippen LogP contribution in [0.3, 0.4) is 0 Å². The van der Waals surface area contributed by atoms with Crippen LogP contribution in [-0.4, -0.2) is 53.8 Å². The van der Waals surface area contributed by atoms with Crippen molar-refractivity contribution in [1.82, 2.24) is 0 Å². The molecule has 4 rings (SSSR count). The number of hydrogen-bond donors (Lipinski definition) is 2. The molecule has 1 aliphatic heterocycles. The van der Waals surface area contributed by atoms with Crippen molar-refractivity contribution in [2.75, 3.05) is 13.2 Å². The van der Waals surface area contributed by atoms with Crippen LogP contribution in [0.5, 0.6) is 17.2 Å². The smallest absolute Gasteiger partial charge is 0.200 e. The number of phenolic OH excluding ortho intramolecular Hbond substituents is 1. The summed E-state index contributed by atoms with van der Waals surface area (Å²) in [4.78, 5) is 12.5. The number of Topliss-reactive ketones (excluding diaryl/α,β-unsaturated/α-hetero) is 1. The Morgan fingerprint density at radius 1 is 0.761 bits per heavy atom. The lowest BCUT2D eigenvalue weighted by atomic mass is 10.0. The lowest BCUT2D eigenvalue weighted by Gasteiger charge is -2.36. The van der Waals surface area contributed by atoms with Crippen LogP contribution in [0.1, 0.15) is 101 Å². The van der Waals surface area contributed by atoms with Crippen molar-refractivity contribution in [1.29, 1.82) is 0 Å². The molecule has 1 fully saturated rings. The van der Waals surface area contributed by atoms with Gasteiger partial charge in [-0.2, -0.15) is 0 Å². The van der Waals surface area contributed by atoms with Gasteiger partial charge >= 0.3 is 0 Å². The van der Waals surface area contributed by atoms with Crippen LogP contribution in [0, 0.1) is 0 Å². The summed E-state index contributed by atoms with van der Waals surface area (Å²) >= 11 is 0. The van der Waals surface area contributed by atoms with Gasteiger partial charge in [-0.25, -0.2) is 0 Å². The molecular formula is C39H52O7. The minimum atomic E-state index is -0.331. The predicted molar refractivity (Wildman–Crippen MR) is 182 cm³/mol. The molecule has 1 heterocycles. The van der Waals surface area contributed by atoms with Crippen LogP contribution >= 0.6 is 0 Å². The summed E-state index contributed by atoms with van der Waals surface area (Å²) in [6.45, 7) is 4.65. The zero-order chi connectivity index (χ0) is 32.6. The van der Waals surface area contributed by atoms with Gasteiger partial charge in [-0.05, 0) is 86.6 Å². The number of benzene rings is 3. The molecule has 0 saturated carbocycles. The van der Waals surface area contributed by atoms with Crippen molar-refractivity contribution in [3.05, 3.63) is 78.4 Å². The highest BCUT2D eigenvalue weighted by Crippen LogP contribution is 2.27. The molecule has 0 amide bonds. The van der Waals surface area contributed by atoms with E-state index in [2.05, 4.69) is 6.92 Å². The summed E-state index contributed by atoms with van der Waals surface area (Å²) in [6.07, 6.45) is 13.0. The highest BCUT2D eigenvalue weighted by atomic mass is 16.7. The molecule has 2 N–H and O–H groups in total. The second-order valence-electron chi connectivity index (χ2n) is 12.4. The number of aliphatic hydroxyl groups is 1. The molecular weight excluding hydrogens is 580 g/mol. The predicted octanol–water partition coefficient (Wildman–Crippen LogP) is 8.89. The number of ether oxygens (including phenoxy) is 4. The molecule has 3 aromatic rings. The van der Waals surface area contributed by atoms with Crippen molar-refractivity contribution in [2.45, 2.75) is 115 Å². The molecule has 46 heavy (non-hydrogen) atoms. The highest BCUT2D eigenvalue weighted by Gasteiger charge is 2.29. The average Bonchev–Trinajstić information content (AvgIpc) is 3.06. The van der Waals surface area contributed by atoms with Crippen molar-refractivity contribution in [2.24, 2.45) is 0 Å². The molecule has 7 nitrogen and oxygen atoms in total. The normalized spacial score (nSPS) is 18.6. The molecule has 1 aliphatic rings. The Balaban J connectivity index is 1.03. The topological polar surface area (TPSA) is 94.5 Å². The zero-order valence-electron chi connectivity index (χ0n) is 27.6. The van der Waals surface area contributed by atoms with Gasteiger partial charge in [-0.1, -0.05) is 81.8 Å². The van der Waals surface area contributed by atoms with Gasteiger partial charge in [0.05, 0.1) is 24.9 Å². The van der Waals surface area contributed by atoms with E-state index in [4.69, 9.17) is 18.9 Å². The van der Waals surface area contributed by atoms with Crippen LogP contribution in [0.15, 0.2) is 72.8 Å². The molecule has 0 radical (unpaired) electrons. The van der Waals surface area contributed by atoms with Gasteiger partial charge in [0.2, 0.25) is 0 Å². The first-order valence-corrected chi connectivity index (χ1v) is 17.2. The van der Waals surface area contributed by atoms with E-state index in [0.29, 0.717) is 17.7 Å². The van der Waals surface area contributed by atoms with Crippen molar-refractivity contribution >= 4 is 5.78 Å². The molecule has 3 aromatic carbocycles. The van der Waals surface area contributed by atoms with Crippen LogP contribution in [0.25, 0.3) is 11.1 Å². The third-order valence-electron chi connectivity index (χ3n) is 8.48. The number of aromatic hydroxyl groups is 1. The lowest BCUT2D eigenvalue weighted by molar-refractivity contribution is -0.249. The second-order valence-corrected chi connectivity index (χ2v) is 12.4. The molecule has 4 unspecified atom stereocenters. The number of phenols is 1. The molecule has 4 atom stereocenters. The van der Waals surface area contributed by atoms with E-state index in [1.165, 1.54) is 50.7 Å². The van der Waals surface area contributed by atoms with Crippen molar-refractivity contribution in [3.63, 3.8) is 0 Å². The SMILES string of the molecule is CCC1CC(CC(C)O)OC(CCCCCCCCCCOc2ccc(-c3ccc(C(=O)COc4ccc(O)cc4)cc3)cc2)O1. The fraction of sp³-hybridized carbons (Fsp3) is 0.513. The Hall–Kier alpha value is -3.39. The van der Waals surface area contributed by atoms with Crippen molar-refractivity contribution < 1.29 is 34.0 Å². The van der Waals surface area contributed by atoms with Gasteiger partial charge in [0, 0.05) is 12.0 Å². The fourth-order valence-corrected chi connectivity index (χ4v) is 5.83. The van der Waals surface area contributed by atoms with Crippen molar-refractivity contribution in [3.8, 4) is 28.4 Å². The number of ketones is 1. The van der Waals surface area contributed by atoms with Gasteiger partial charge in [0.15, 0.2) is 18.7 Å². The van der Waals surface area contributed by atoms with E-state index in [1.54, 1.807) is 12.1 Å². The van der Waals surface area contributed by atoms with Gasteiger partial charge < -0.3 is 29.2 Å². The van der Waals surface area contributed by atoms with E-state index in [-0.39, 0.29) is 42.7 Å². The Bertz CT molecular complexity index is 1270. The maximum Gasteiger partial charge on any atom is 0.200 e. The molecule has 1 saturated heterocycles. The number of carbonyl (C=O) groups excluding carboxylic acids is 1. The summed E-state index contributed by atoms with van der Waals surface area (Å²) in [5.41, 5.74) is 2.69. The fourth-order valence-electron chi connectivity index (χ4n) is 5.83. The summed E-state index contributed by atoms with van der Waals surface area (Å²) < 4.78 is 23.7. The number of rotatable bonds is 20. The quantitative estimate of drug-likeness (QED) is 0.0949.